The molecule has 0 unspecified atom stereocenters. The van der Waals surface area contributed by atoms with Crippen LogP contribution >= 0.6 is 0 Å². The topological polar surface area (TPSA) is 29.5 Å². The normalized spacial score (nSPS) is 12.2. The van der Waals surface area contributed by atoms with Crippen LogP contribution in [0.1, 0.15) is 77.3 Å². The Morgan fingerprint density at radius 3 is 2.13 bits per heavy atom. The SMILES string of the molecule is CCC(=O)N(CC[C@@H](CCC(C)C)c1ccc(OC(C)C)cc1)Cc1ccccc1. The van der Waals surface area contributed by atoms with Gasteiger partial charge in [-0.25, -0.2) is 0 Å². The molecular formula is C27H39NO2. The predicted octanol–water partition coefficient (Wildman–Crippen LogP) is 6.82. The van der Waals surface area contributed by atoms with E-state index in [2.05, 4.69) is 50.2 Å². The first-order valence-corrected chi connectivity index (χ1v) is 11.5. The largest absolute Gasteiger partial charge is 0.491 e. The molecule has 164 valence electrons. The van der Waals surface area contributed by atoms with E-state index >= 15 is 0 Å². The molecule has 0 spiro atoms. The zero-order valence-electron chi connectivity index (χ0n) is 19.4. The summed E-state index contributed by atoms with van der Waals surface area (Å²) in [6.45, 7) is 12.1. The summed E-state index contributed by atoms with van der Waals surface area (Å²) in [4.78, 5) is 14.6. The summed E-state index contributed by atoms with van der Waals surface area (Å²) in [5, 5.41) is 0. The molecule has 1 atom stereocenters. The zero-order chi connectivity index (χ0) is 21.9. The third-order valence-electron chi connectivity index (χ3n) is 5.43. The van der Waals surface area contributed by atoms with E-state index in [1.165, 1.54) is 17.5 Å². The minimum Gasteiger partial charge on any atom is -0.491 e. The summed E-state index contributed by atoms with van der Waals surface area (Å²) >= 11 is 0. The molecule has 0 bridgehead atoms. The molecule has 0 heterocycles. The van der Waals surface area contributed by atoms with Crippen LogP contribution < -0.4 is 4.74 Å². The number of hydrogen-bond donors (Lipinski definition) is 0. The molecule has 0 aliphatic heterocycles. The maximum Gasteiger partial charge on any atom is 0.222 e. The van der Waals surface area contributed by atoms with Crippen LogP contribution in [-0.2, 0) is 11.3 Å². The Balaban J connectivity index is 2.10. The van der Waals surface area contributed by atoms with E-state index < -0.39 is 0 Å². The molecule has 0 aromatic heterocycles. The summed E-state index contributed by atoms with van der Waals surface area (Å²) in [5.74, 6) is 2.27. The van der Waals surface area contributed by atoms with E-state index in [0.717, 1.165) is 25.1 Å². The monoisotopic (exact) mass is 409 g/mol. The minimum atomic E-state index is 0.180. The second-order valence-corrected chi connectivity index (χ2v) is 8.85. The summed E-state index contributed by atoms with van der Waals surface area (Å²) in [7, 11) is 0. The first kappa shape index (κ1) is 24.0. The molecule has 2 rings (SSSR count). The molecule has 3 nitrogen and oxygen atoms in total. The van der Waals surface area contributed by atoms with Crippen molar-refractivity contribution >= 4 is 5.91 Å². The van der Waals surface area contributed by atoms with Crippen molar-refractivity contribution in [2.75, 3.05) is 6.54 Å². The van der Waals surface area contributed by atoms with Crippen molar-refractivity contribution in [1.29, 1.82) is 0 Å². The number of carbonyl (C=O) groups is 1. The molecule has 0 saturated heterocycles. The van der Waals surface area contributed by atoms with Crippen molar-refractivity contribution in [2.24, 2.45) is 5.92 Å². The van der Waals surface area contributed by atoms with Crippen LogP contribution in [0.4, 0.5) is 0 Å². The van der Waals surface area contributed by atoms with Crippen LogP contribution in [0.15, 0.2) is 54.6 Å². The Morgan fingerprint density at radius 1 is 0.900 bits per heavy atom. The third kappa shape index (κ3) is 8.22. The van der Waals surface area contributed by atoms with E-state index in [9.17, 15) is 4.79 Å². The van der Waals surface area contributed by atoms with E-state index in [1.54, 1.807) is 0 Å². The number of ether oxygens (including phenoxy) is 1. The first-order chi connectivity index (χ1) is 14.4. The highest BCUT2D eigenvalue weighted by Crippen LogP contribution is 2.29. The van der Waals surface area contributed by atoms with Crippen LogP contribution in [0.25, 0.3) is 0 Å². The van der Waals surface area contributed by atoms with Gasteiger partial charge in [0.2, 0.25) is 5.91 Å². The summed E-state index contributed by atoms with van der Waals surface area (Å²) < 4.78 is 5.80. The number of carbonyl (C=O) groups excluding carboxylic acids is 1. The molecule has 3 heteroatoms. The average molecular weight is 410 g/mol. The van der Waals surface area contributed by atoms with Gasteiger partial charge in [-0.15, -0.1) is 0 Å². The Kier molecular flexibility index (Phi) is 9.93. The van der Waals surface area contributed by atoms with Crippen LogP contribution in [0.2, 0.25) is 0 Å². The molecule has 0 aliphatic rings. The number of amides is 1. The van der Waals surface area contributed by atoms with Crippen molar-refractivity contribution < 1.29 is 9.53 Å². The smallest absolute Gasteiger partial charge is 0.222 e. The van der Waals surface area contributed by atoms with Gasteiger partial charge in [0.25, 0.3) is 0 Å². The maximum atomic E-state index is 12.6. The molecule has 1 amide bonds. The molecule has 0 N–H and O–H groups in total. The minimum absolute atomic E-state index is 0.180. The molecular weight excluding hydrogens is 370 g/mol. The molecule has 0 fully saturated rings. The van der Waals surface area contributed by atoms with Gasteiger partial charge >= 0.3 is 0 Å². The van der Waals surface area contributed by atoms with Crippen LogP contribution in [0.5, 0.6) is 5.75 Å². The van der Waals surface area contributed by atoms with Gasteiger partial charge in [-0.05, 0) is 61.8 Å². The molecule has 0 radical (unpaired) electrons. The van der Waals surface area contributed by atoms with Crippen molar-refractivity contribution in [2.45, 2.75) is 78.9 Å². The quantitative estimate of drug-likeness (QED) is 0.385. The second kappa shape index (κ2) is 12.4. The number of nitrogens with zero attached hydrogens (tertiary/aromatic N) is 1. The molecule has 0 aliphatic carbocycles. The first-order valence-electron chi connectivity index (χ1n) is 11.5. The lowest BCUT2D eigenvalue weighted by Crippen LogP contribution is -2.31. The van der Waals surface area contributed by atoms with Gasteiger partial charge in [0, 0.05) is 19.5 Å². The average Bonchev–Trinajstić information content (AvgIpc) is 2.73. The van der Waals surface area contributed by atoms with E-state index in [1.807, 2.05) is 43.9 Å². The van der Waals surface area contributed by atoms with Gasteiger partial charge in [-0.2, -0.15) is 0 Å². The van der Waals surface area contributed by atoms with Crippen molar-refractivity contribution in [3.63, 3.8) is 0 Å². The Hall–Kier alpha value is -2.29. The summed E-state index contributed by atoms with van der Waals surface area (Å²) in [6.07, 6.45) is 4.04. The highest BCUT2D eigenvalue weighted by atomic mass is 16.5. The van der Waals surface area contributed by atoms with Crippen LogP contribution in [0, 0.1) is 5.92 Å². The zero-order valence-corrected chi connectivity index (χ0v) is 19.4. The fourth-order valence-corrected chi connectivity index (χ4v) is 3.73. The second-order valence-electron chi connectivity index (χ2n) is 8.85. The number of benzene rings is 2. The van der Waals surface area contributed by atoms with Gasteiger partial charge in [0.05, 0.1) is 6.10 Å². The van der Waals surface area contributed by atoms with Crippen molar-refractivity contribution in [3.8, 4) is 5.75 Å². The number of rotatable bonds is 12. The fourth-order valence-electron chi connectivity index (χ4n) is 3.73. The van der Waals surface area contributed by atoms with Gasteiger partial charge < -0.3 is 9.64 Å². The van der Waals surface area contributed by atoms with Crippen LogP contribution in [-0.4, -0.2) is 23.5 Å². The fraction of sp³-hybridized carbons (Fsp3) is 0.519. The summed E-state index contributed by atoms with van der Waals surface area (Å²) in [5.41, 5.74) is 2.53. The van der Waals surface area contributed by atoms with E-state index in [-0.39, 0.29) is 12.0 Å². The van der Waals surface area contributed by atoms with Gasteiger partial charge in [0.15, 0.2) is 0 Å². The van der Waals surface area contributed by atoms with Gasteiger partial charge in [0.1, 0.15) is 5.75 Å². The lowest BCUT2D eigenvalue weighted by atomic mass is 9.88. The van der Waals surface area contributed by atoms with Crippen molar-refractivity contribution in [1.82, 2.24) is 4.90 Å². The lowest BCUT2D eigenvalue weighted by Gasteiger charge is -2.26. The van der Waals surface area contributed by atoms with E-state index in [0.29, 0.717) is 24.8 Å². The van der Waals surface area contributed by atoms with Crippen LogP contribution in [0.3, 0.4) is 0 Å². The molecule has 2 aromatic rings. The number of hydrogen-bond acceptors (Lipinski definition) is 2. The molecule has 30 heavy (non-hydrogen) atoms. The highest BCUT2D eigenvalue weighted by Gasteiger charge is 2.18. The lowest BCUT2D eigenvalue weighted by molar-refractivity contribution is -0.131. The standard InChI is InChI=1S/C27H39NO2/c1-6-27(29)28(20-23-10-8-7-9-11-23)19-18-25(13-12-21(2)3)24-14-16-26(17-15-24)30-22(4)5/h7-11,14-17,21-22,25H,6,12-13,18-20H2,1-5H3/t25-/m1/s1. The Morgan fingerprint density at radius 2 is 1.57 bits per heavy atom. The molecule has 0 saturated carbocycles. The van der Waals surface area contributed by atoms with E-state index in [4.69, 9.17) is 4.74 Å². The molecule has 2 aromatic carbocycles. The van der Waals surface area contributed by atoms with Gasteiger partial charge in [-0.3, -0.25) is 4.79 Å². The highest BCUT2D eigenvalue weighted by molar-refractivity contribution is 5.75. The van der Waals surface area contributed by atoms with Gasteiger partial charge in [-0.1, -0.05) is 69.7 Å². The maximum absolute atomic E-state index is 12.6. The van der Waals surface area contributed by atoms with Crippen molar-refractivity contribution in [3.05, 3.63) is 65.7 Å². The summed E-state index contributed by atoms with van der Waals surface area (Å²) in [6, 6.07) is 18.8. The third-order valence-corrected chi connectivity index (χ3v) is 5.43. The predicted molar refractivity (Wildman–Crippen MR) is 126 cm³/mol. The Labute approximate surface area is 183 Å². The Bertz CT molecular complexity index is 737.